The first-order chi connectivity index (χ1) is 14.1. The third kappa shape index (κ3) is 3.28. The molecule has 0 bridgehead atoms. The fourth-order valence-corrected chi connectivity index (χ4v) is 3.65. The van der Waals surface area contributed by atoms with Crippen LogP contribution in [0.5, 0.6) is 0 Å². The third-order valence-corrected chi connectivity index (χ3v) is 5.05. The lowest BCUT2D eigenvalue weighted by atomic mass is 10.2. The van der Waals surface area contributed by atoms with Crippen molar-refractivity contribution in [1.29, 1.82) is 0 Å². The third-order valence-electron chi connectivity index (χ3n) is 4.88. The van der Waals surface area contributed by atoms with Crippen molar-refractivity contribution in [3.63, 3.8) is 0 Å². The van der Waals surface area contributed by atoms with E-state index < -0.39 is 11.6 Å². The van der Waals surface area contributed by atoms with Crippen LogP contribution in [0.1, 0.15) is 31.3 Å². The number of halogens is 3. The zero-order valence-corrected chi connectivity index (χ0v) is 15.9. The fourth-order valence-electron chi connectivity index (χ4n) is 3.49. The van der Waals surface area contributed by atoms with E-state index in [0.29, 0.717) is 34.9 Å². The summed E-state index contributed by atoms with van der Waals surface area (Å²) in [4.78, 5) is 20.0. The molecule has 1 saturated heterocycles. The highest BCUT2D eigenvalue weighted by molar-refractivity contribution is 6.28. The van der Waals surface area contributed by atoms with E-state index in [-0.39, 0.29) is 23.6 Å². The number of H-pyrrole nitrogens is 1. The predicted molar refractivity (Wildman–Crippen MR) is 103 cm³/mol. The van der Waals surface area contributed by atoms with E-state index in [0.717, 1.165) is 25.3 Å². The summed E-state index contributed by atoms with van der Waals surface area (Å²) in [6.07, 6.45) is 4.50. The molecule has 1 aromatic carbocycles. The average molecular weight is 420 g/mol. The SMILES string of the molecule is Fc1ccc2[nH]c(CNc3nc(Cl)nc4c3ncn4C3CCCCO3)nc2c1F. The molecular weight excluding hydrogens is 404 g/mol. The Morgan fingerprint density at radius 1 is 1.21 bits per heavy atom. The van der Waals surface area contributed by atoms with E-state index in [9.17, 15) is 8.78 Å². The molecule has 11 heteroatoms. The summed E-state index contributed by atoms with van der Waals surface area (Å²) in [6.45, 7) is 0.877. The summed E-state index contributed by atoms with van der Waals surface area (Å²) in [5, 5.41) is 3.16. The minimum absolute atomic E-state index is 0.0496. The number of imidazole rings is 2. The van der Waals surface area contributed by atoms with Crippen LogP contribution in [0.4, 0.5) is 14.6 Å². The Balaban J connectivity index is 1.44. The normalized spacial score (nSPS) is 17.3. The molecule has 0 amide bonds. The van der Waals surface area contributed by atoms with E-state index in [1.54, 1.807) is 6.33 Å². The molecule has 1 aliphatic heterocycles. The number of ether oxygens (including phenoxy) is 1. The lowest BCUT2D eigenvalue weighted by molar-refractivity contribution is -0.0298. The second-order valence-electron chi connectivity index (χ2n) is 6.78. The molecular formula is C18H16ClF2N7O. The van der Waals surface area contributed by atoms with Gasteiger partial charge in [-0.3, -0.25) is 4.57 Å². The van der Waals surface area contributed by atoms with Gasteiger partial charge in [-0.1, -0.05) is 0 Å². The number of aromatic nitrogens is 6. The molecule has 4 aromatic rings. The molecule has 0 spiro atoms. The molecule has 1 fully saturated rings. The van der Waals surface area contributed by atoms with Crippen molar-refractivity contribution in [2.24, 2.45) is 0 Å². The number of nitrogens with one attached hydrogen (secondary N) is 2. The molecule has 8 nitrogen and oxygen atoms in total. The van der Waals surface area contributed by atoms with Gasteiger partial charge in [0.25, 0.3) is 0 Å². The lowest BCUT2D eigenvalue weighted by Gasteiger charge is -2.23. The number of rotatable bonds is 4. The Bertz CT molecular complexity index is 1200. The molecule has 0 saturated carbocycles. The van der Waals surface area contributed by atoms with Crippen molar-refractivity contribution >= 4 is 39.6 Å². The predicted octanol–water partition coefficient (Wildman–Crippen LogP) is 3.95. The monoisotopic (exact) mass is 419 g/mol. The zero-order valence-electron chi connectivity index (χ0n) is 15.1. The van der Waals surface area contributed by atoms with Gasteiger partial charge >= 0.3 is 0 Å². The summed E-state index contributed by atoms with van der Waals surface area (Å²) in [6, 6.07) is 2.50. The van der Waals surface area contributed by atoms with Crippen LogP contribution >= 0.6 is 11.6 Å². The van der Waals surface area contributed by atoms with Crippen LogP contribution in [-0.2, 0) is 11.3 Å². The highest BCUT2D eigenvalue weighted by Gasteiger charge is 2.21. The van der Waals surface area contributed by atoms with Crippen molar-refractivity contribution in [3.8, 4) is 0 Å². The van der Waals surface area contributed by atoms with Crippen LogP contribution in [-0.4, -0.2) is 36.1 Å². The minimum Gasteiger partial charge on any atom is -0.361 e. The fraction of sp³-hybridized carbons (Fsp3) is 0.333. The summed E-state index contributed by atoms with van der Waals surface area (Å²) < 4.78 is 34.9. The van der Waals surface area contributed by atoms with Gasteiger partial charge in [0.2, 0.25) is 5.28 Å². The van der Waals surface area contributed by atoms with Gasteiger partial charge in [-0.25, -0.2) is 18.7 Å². The largest absolute Gasteiger partial charge is 0.361 e. The number of benzene rings is 1. The van der Waals surface area contributed by atoms with E-state index in [1.807, 2.05) is 4.57 Å². The number of aromatic amines is 1. The maximum atomic E-state index is 13.9. The van der Waals surface area contributed by atoms with Crippen molar-refractivity contribution < 1.29 is 13.5 Å². The first kappa shape index (κ1) is 18.2. The second-order valence-corrected chi connectivity index (χ2v) is 7.12. The average Bonchev–Trinajstić information content (AvgIpc) is 3.34. The summed E-state index contributed by atoms with van der Waals surface area (Å²) in [7, 11) is 0. The van der Waals surface area contributed by atoms with Gasteiger partial charge in [0.1, 0.15) is 17.6 Å². The van der Waals surface area contributed by atoms with Crippen LogP contribution in [0.2, 0.25) is 5.28 Å². The Morgan fingerprint density at radius 2 is 2.10 bits per heavy atom. The molecule has 150 valence electrons. The summed E-state index contributed by atoms with van der Waals surface area (Å²) in [5.74, 6) is -1.09. The smallest absolute Gasteiger partial charge is 0.226 e. The van der Waals surface area contributed by atoms with E-state index in [2.05, 4.69) is 30.2 Å². The Morgan fingerprint density at radius 3 is 2.93 bits per heavy atom. The molecule has 4 heterocycles. The molecule has 1 unspecified atom stereocenters. The Labute approximate surface area is 168 Å². The molecule has 0 aliphatic carbocycles. The van der Waals surface area contributed by atoms with Gasteiger partial charge in [0.15, 0.2) is 28.6 Å². The van der Waals surface area contributed by atoms with E-state index in [1.165, 1.54) is 6.07 Å². The van der Waals surface area contributed by atoms with Gasteiger partial charge in [-0.2, -0.15) is 9.97 Å². The molecule has 1 aliphatic rings. The molecule has 29 heavy (non-hydrogen) atoms. The summed E-state index contributed by atoms with van der Waals surface area (Å²) >= 11 is 6.12. The van der Waals surface area contributed by atoms with Crippen molar-refractivity contribution in [1.82, 2.24) is 29.5 Å². The first-order valence-electron chi connectivity index (χ1n) is 9.18. The number of fused-ring (bicyclic) bond motifs is 2. The maximum Gasteiger partial charge on any atom is 0.226 e. The lowest BCUT2D eigenvalue weighted by Crippen LogP contribution is -2.17. The van der Waals surface area contributed by atoms with Crippen molar-refractivity contribution in [2.45, 2.75) is 32.0 Å². The van der Waals surface area contributed by atoms with Crippen LogP contribution in [0.25, 0.3) is 22.2 Å². The van der Waals surface area contributed by atoms with Gasteiger partial charge in [-0.15, -0.1) is 0 Å². The van der Waals surface area contributed by atoms with Gasteiger partial charge < -0.3 is 15.0 Å². The van der Waals surface area contributed by atoms with Crippen LogP contribution in [0, 0.1) is 11.6 Å². The second kappa shape index (κ2) is 7.20. The number of hydrogen-bond acceptors (Lipinski definition) is 6. The van der Waals surface area contributed by atoms with E-state index >= 15 is 0 Å². The highest BCUT2D eigenvalue weighted by Crippen LogP contribution is 2.28. The van der Waals surface area contributed by atoms with Gasteiger partial charge in [0.05, 0.1) is 18.4 Å². The molecule has 0 radical (unpaired) electrons. The van der Waals surface area contributed by atoms with Crippen molar-refractivity contribution in [2.75, 3.05) is 11.9 Å². The Kier molecular flexibility index (Phi) is 4.51. The highest BCUT2D eigenvalue weighted by atomic mass is 35.5. The van der Waals surface area contributed by atoms with Crippen LogP contribution in [0.15, 0.2) is 18.5 Å². The quantitative estimate of drug-likeness (QED) is 0.486. The minimum atomic E-state index is -0.983. The maximum absolute atomic E-state index is 13.9. The molecule has 5 rings (SSSR count). The molecule has 3 aromatic heterocycles. The van der Waals surface area contributed by atoms with Crippen LogP contribution < -0.4 is 5.32 Å². The Hall–Kier alpha value is -2.85. The molecule has 1 atom stereocenters. The molecule has 2 N–H and O–H groups in total. The first-order valence-corrected chi connectivity index (χ1v) is 9.56. The summed E-state index contributed by atoms with van der Waals surface area (Å²) in [5.41, 5.74) is 1.46. The number of anilines is 1. The number of hydrogen-bond donors (Lipinski definition) is 2. The van der Waals surface area contributed by atoms with Crippen molar-refractivity contribution in [3.05, 3.63) is 41.2 Å². The number of nitrogens with zero attached hydrogens (tertiary/aromatic N) is 5. The van der Waals surface area contributed by atoms with Gasteiger partial charge in [0, 0.05) is 6.61 Å². The zero-order chi connectivity index (χ0) is 20.0. The topological polar surface area (TPSA) is 93.5 Å². The standard InChI is InChI=1S/C18H16ClF2N7O/c19-18-26-16(15-17(27-18)28(8-23-15)12-3-1-2-6-29-12)22-7-11-24-10-5-4-9(20)13(21)14(10)25-11/h4-5,8,12H,1-3,6-7H2,(H,24,25)(H,22,26,27). The van der Waals surface area contributed by atoms with E-state index in [4.69, 9.17) is 16.3 Å². The van der Waals surface area contributed by atoms with Crippen LogP contribution in [0.3, 0.4) is 0 Å². The van der Waals surface area contributed by atoms with Gasteiger partial charge in [-0.05, 0) is 43.0 Å².